The smallest absolute Gasteiger partial charge is 0.254 e. The van der Waals surface area contributed by atoms with Crippen LogP contribution < -0.4 is 10.9 Å². The van der Waals surface area contributed by atoms with Gasteiger partial charge in [0.05, 0.1) is 11.7 Å². The third-order valence-electron chi connectivity index (χ3n) is 4.69. The van der Waals surface area contributed by atoms with Crippen LogP contribution in [0, 0.1) is 0 Å². The van der Waals surface area contributed by atoms with Gasteiger partial charge in [0.25, 0.3) is 5.56 Å². The summed E-state index contributed by atoms with van der Waals surface area (Å²) in [4.78, 5) is 29.5. The van der Waals surface area contributed by atoms with Crippen molar-refractivity contribution >= 4 is 17.7 Å². The van der Waals surface area contributed by atoms with E-state index in [-0.39, 0.29) is 22.9 Å². The number of fused-ring (bicyclic) bond motifs is 1. The van der Waals surface area contributed by atoms with E-state index in [1.54, 1.807) is 22.4 Å². The van der Waals surface area contributed by atoms with Gasteiger partial charge in [-0.05, 0) is 18.4 Å². The number of thioether (sulfide) groups is 1. The minimum Gasteiger partial charge on any atom is -0.356 e. The fraction of sp³-hybridized carbons (Fsp3) is 0.476. The Morgan fingerprint density at radius 2 is 2.04 bits per heavy atom. The van der Waals surface area contributed by atoms with Crippen molar-refractivity contribution < 1.29 is 4.79 Å². The molecule has 3 rings (SSSR count). The van der Waals surface area contributed by atoms with E-state index in [1.165, 1.54) is 5.56 Å². The first-order chi connectivity index (χ1) is 12.8. The van der Waals surface area contributed by atoms with E-state index >= 15 is 0 Å². The van der Waals surface area contributed by atoms with Crippen LogP contribution in [0.1, 0.15) is 50.9 Å². The summed E-state index contributed by atoms with van der Waals surface area (Å²) < 4.78 is 1.68. The highest BCUT2D eigenvalue weighted by molar-refractivity contribution is 7.99. The molecule has 144 valence electrons. The fourth-order valence-corrected chi connectivity index (χ4v) is 4.29. The largest absolute Gasteiger partial charge is 0.356 e. The van der Waals surface area contributed by atoms with Crippen molar-refractivity contribution in [1.82, 2.24) is 14.9 Å². The highest BCUT2D eigenvalue weighted by Crippen LogP contribution is 2.33. The highest BCUT2D eigenvalue weighted by Gasteiger charge is 2.29. The van der Waals surface area contributed by atoms with Crippen LogP contribution >= 0.6 is 11.8 Å². The molecule has 2 aromatic rings. The molecule has 0 aliphatic carbocycles. The van der Waals surface area contributed by atoms with Gasteiger partial charge < -0.3 is 5.32 Å². The van der Waals surface area contributed by atoms with E-state index in [0.717, 1.165) is 23.7 Å². The first kappa shape index (κ1) is 19.7. The van der Waals surface area contributed by atoms with Crippen molar-refractivity contribution in [1.29, 1.82) is 0 Å². The molecule has 5 nitrogen and oxygen atoms in total. The number of nitrogens with zero attached hydrogens (tertiary/aromatic N) is 2. The summed E-state index contributed by atoms with van der Waals surface area (Å²) in [6.45, 7) is 6.79. The van der Waals surface area contributed by atoms with Gasteiger partial charge >= 0.3 is 0 Å². The Kier molecular flexibility index (Phi) is 6.05. The van der Waals surface area contributed by atoms with Crippen LogP contribution in [-0.2, 0) is 16.6 Å². The van der Waals surface area contributed by atoms with E-state index < -0.39 is 0 Å². The molecule has 6 heteroatoms. The molecule has 2 heterocycles. The van der Waals surface area contributed by atoms with Gasteiger partial charge in [0.1, 0.15) is 0 Å². The van der Waals surface area contributed by atoms with E-state index in [2.05, 4.69) is 22.4 Å². The Labute approximate surface area is 164 Å². The van der Waals surface area contributed by atoms with Crippen molar-refractivity contribution in [2.24, 2.45) is 0 Å². The first-order valence-electron chi connectivity index (χ1n) is 9.42. The number of aromatic nitrogens is 2. The first-order valence-corrected chi connectivity index (χ1v) is 10.4. The van der Waals surface area contributed by atoms with Gasteiger partial charge in [0.15, 0.2) is 5.16 Å². The maximum absolute atomic E-state index is 12.6. The second kappa shape index (κ2) is 8.30. The summed E-state index contributed by atoms with van der Waals surface area (Å²) >= 11 is 1.56. The molecular weight excluding hydrogens is 358 g/mol. The summed E-state index contributed by atoms with van der Waals surface area (Å²) in [6, 6.07) is 11.7. The molecule has 0 fully saturated rings. The lowest BCUT2D eigenvalue weighted by Gasteiger charge is -2.19. The van der Waals surface area contributed by atoms with E-state index in [9.17, 15) is 9.59 Å². The number of hydrogen-bond acceptors (Lipinski definition) is 4. The number of rotatable bonds is 6. The normalized spacial score (nSPS) is 16.2. The predicted molar refractivity (Wildman–Crippen MR) is 109 cm³/mol. The second-order valence-electron chi connectivity index (χ2n) is 7.99. The topological polar surface area (TPSA) is 64.0 Å². The zero-order chi connectivity index (χ0) is 19.4. The molecular formula is C21H27N3O2S. The molecule has 1 N–H and O–H groups in total. The molecule has 0 saturated heterocycles. The van der Waals surface area contributed by atoms with Gasteiger partial charge in [0, 0.05) is 30.2 Å². The number of amides is 1. The number of nitrogens with one attached hydrogen (secondary N) is 1. The maximum Gasteiger partial charge on any atom is 0.254 e. The van der Waals surface area contributed by atoms with Crippen molar-refractivity contribution in [3.05, 3.63) is 58.0 Å². The molecule has 1 unspecified atom stereocenters. The summed E-state index contributed by atoms with van der Waals surface area (Å²) in [7, 11) is 0. The summed E-state index contributed by atoms with van der Waals surface area (Å²) in [5, 5.41) is 3.71. The van der Waals surface area contributed by atoms with Crippen molar-refractivity contribution in [3.8, 4) is 0 Å². The molecule has 0 spiro atoms. The molecule has 0 radical (unpaired) electrons. The average molecular weight is 386 g/mol. The van der Waals surface area contributed by atoms with E-state index in [4.69, 9.17) is 0 Å². The molecule has 1 aromatic carbocycles. The quantitative estimate of drug-likeness (QED) is 0.612. The number of carbonyl (C=O) groups excluding carboxylic acids is 1. The summed E-state index contributed by atoms with van der Waals surface area (Å²) in [5.74, 6) is 0.709. The molecule has 1 aromatic heterocycles. The van der Waals surface area contributed by atoms with Crippen LogP contribution in [0.25, 0.3) is 0 Å². The Morgan fingerprint density at radius 3 is 2.74 bits per heavy atom. The lowest BCUT2D eigenvalue weighted by molar-refractivity contribution is -0.121. The number of aryl methyl sites for hydroxylation is 1. The van der Waals surface area contributed by atoms with Crippen LogP contribution in [0.5, 0.6) is 0 Å². The zero-order valence-electron chi connectivity index (χ0n) is 16.2. The standard InChI is InChI=1S/C21H27N3O2S/c1-21(2,3)17-13-19(26)24-16(14-27-20(24)23-17)12-18(25)22-11-7-10-15-8-5-4-6-9-15/h4-6,8-9,13,16H,7,10-12,14H2,1-3H3,(H,22,25). The molecule has 0 bridgehead atoms. The van der Waals surface area contributed by atoms with Crippen LogP contribution in [0.2, 0.25) is 0 Å². The molecule has 27 heavy (non-hydrogen) atoms. The van der Waals surface area contributed by atoms with Crippen LogP contribution in [-0.4, -0.2) is 27.8 Å². The number of benzene rings is 1. The lowest BCUT2D eigenvalue weighted by atomic mass is 9.92. The Hall–Kier alpha value is -2.08. The third kappa shape index (κ3) is 5.01. The highest BCUT2D eigenvalue weighted by atomic mass is 32.2. The third-order valence-corrected chi connectivity index (χ3v) is 5.78. The van der Waals surface area contributed by atoms with Crippen molar-refractivity contribution in [2.75, 3.05) is 12.3 Å². The number of carbonyl (C=O) groups is 1. The second-order valence-corrected chi connectivity index (χ2v) is 8.98. The van der Waals surface area contributed by atoms with E-state index in [1.807, 2.05) is 39.0 Å². The molecule has 1 aliphatic heterocycles. The van der Waals surface area contributed by atoms with Crippen LogP contribution in [0.4, 0.5) is 0 Å². The van der Waals surface area contributed by atoms with E-state index in [0.29, 0.717) is 18.7 Å². The molecule has 1 atom stereocenters. The number of hydrogen-bond donors (Lipinski definition) is 1. The summed E-state index contributed by atoms with van der Waals surface area (Å²) in [6.07, 6.45) is 2.17. The molecule has 1 amide bonds. The summed E-state index contributed by atoms with van der Waals surface area (Å²) in [5.41, 5.74) is 1.86. The van der Waals surface area contributed by atoms with Crippen LogP contribution in [0.15, 0.2) is 46.3 Å². The molecule has 0 saturated carbocycles. The van der Waals surface area contributed by atoms with Crippen molar-refractivity contribution in [2.45, 2.75) is 56.6 Å². The predicted octanol–water partition coefficient (Wildman–Crippen LogP) is 3.33. The minimum absolute atomic E-state index is 0.00619. The fourth-order valence-electron chi connectivity index (χ4n) is 3.14. The van der Waals surface area contributed by atoms with Gasteiger partial charge in [-0.25, -0.2) is 4.98 Å². The van der Waals surface area contributed by atoms with Gasteiger partial charge in [-0.2, -0.15) is 0 Å². The Balaban J connectivity index is 1.54. The monoisotopic (exact) mass is 385 g/mol. The minimum atomic E-state index is -0.163. The Morgan fingerprint density at radius 1 is 1.30 bits per heavy atom. The SMILES string of the molecule is CC(C)(C)c1cc(=O)n2c(n1)SCC2CC(=O)NCCCc1ccccc1. The van der Waals surface area contributed by atoms with Crippen LogP contribution in [0.3, 0.4) is 0 Å². The Bertz CT molecular complexity index is 856. The zero-order valence-corrected chi connectivity index (χ0v) is 17.0. The van der Waals surface area contributed by atoms with Gasteiger partial charge in [-0.3, -0.25) is 14.2 Å². The van der Waals surface area contributed by atoms with Gasteiger partial charge in [0.2, 0.25) is 5.91 Å². The molecule has 1 aliphatic rings. The van der Waals surface area contributed by atoms with Gasteiger partial charge in [-0.1, -0.05) is 62.9 Å². The average Bonchev–Trinajstić information content (AvgIpc) is 3.02. The van der Waals surface area contributed by atoms with Gasteiger partial charge in [-0.15, -0.1) is 0 Å². The lowest BCUT2D eigenvalue weighted by Crippen LogP contribution is -2.32. The maximum atomic E-state index is 12.6. The van der Waals surface area contributed by atoms with Crippen molar-refractivity contribution in [3.63, 3.8) is 0 Å².